The topological polar surface area (TPSA) is 75.4 Å². The molecule has 126 valence electrons. The second-order valence-corrected chi connectivity index (χ2v) is 6.62. The molecule has 3 N–H and O–H groups in total. The quantitative estimate of drug-likeness (QED) is 0.860. The summed E-state index contributed by atoms with van der Waals surface area (Å²) in [5.74, 6) is 0.150. The smallest absolute Gasteiger partial charge is 0.242 e. The minimum absolute atomic E-state index is 0.0588. The zero-order chi connectivity index (χ0) is 16.8. The molecule has 0 bridgehead atoms. The lowest BCUT2D eigenvalue weighted by Gasteiger charge is -2.31. The molecule has 0 aliphatic carbocycles. The zero-order valence-electron chi connectivity index (χ0n) is 14.0. The third-order valence-electron chi connectivity index (χ3n) is 4.15. The Bertz CT molecular complexity index is 530. The maximum atomic E-state index is 12.8. The summed E-state index contributed by atoms with van der Waals surface area (Å²) in [5, 5.41) is 2.90. The highest BCUT2D eigenvalue weighted by Crippen LogP contribution is 2.16. The normalized spacial score (nSPS) is 20.1. The summed E-state index contributed by atoms with van der Waals surface area (Å²) in [4.78, 5) is 26.8. The Morgan fingerprint density at radius 3 is 2.70 bits per heavy atom. The first-order valence-electron chi connectivity index (χ1n) is 8.36. The van der Waals surface area contributed by atoms with E-state index in [9.17, 15) is 9.59 Å². The summed E-state index contributed by atoms with van der Waals surface area (Å²) in [6.07, 6.45) is 1.92. The Hall–Kier alpha value is -1.88. The van der Waals surface area contributed by atoms with Crippen molar-refractivity contribution in [1.29, 1.82) is 0 Å². The minimum Gasteiger partial charge on any atom is -0.354 e. The van der Waals surface area contributed by atoms with E-state index in [2.05, 4.69) is 19.2 Å². The predicted octanol–water partition coefficient (Wildman–Crippen LogP) is 1.32. The van der Waals surface area contributed by atoms with E-state index in [0.29, 0.717) is 31.8 Å². The summed E-state index contributed by atoms with van der Waals surface area (Å²) in [7, 11) is 0. The van der Waals surface area contributed by atoms with E-state index in [0.717, 1.165) is 12.0 Å². The van der Waals surface area contributed by atoms with Crippen molar-refractivity contribution in [3.63, 3.8) is 0 Å². The first kappa shape index (κ1) is 17.5. The standard InChI is InChI=1S/C18H27N3O2/c1-13(2)11-16-17(22)20-9-6-10-21(16)18(23)15(19)12-14-7-4-3-5-8-14/h3-5,7-8,13,15-16H,6,9-12,19H2,1-2H3,(H,20,22)/t15-,16?/m0/s1. The number of hydrogen-bond acceptors (Lipinski definition) is 3. The van der Waals surface area contributed by atoms with Crippen molar-refractivity contribution in [2.24, 2.45) is 11.7 Å². The first-order valence-corrected chi connectivity index (χ1v) is 8.36. The fraction of sp³-hybridized carbons (Fsp3) is 0.556. The molecular formula is C18H27N3O2. The van der Waals surface area contributed by atoms with E-state index in [1.165, 1.54) is 0 Å². The lowest BCUT2D eigenvalue weighted by atomic mass is 9.99. The van der Waals surface area contributed by atoms with Gasteiger partial charge in [-0.15, -0.1) is 0 Å². The molecular weight excluding hydrogens is 290 g/mol. The molecule has 5 heteroatoms. The highest BCUT2D eigenvalue weighted by Gasteiger charge is 2.34. The zero-order valence-corrected chi connectivity index (χ0v) is 14.0. The molecule has 23 heavy (non-hydrogen) atoms. The summed E-state index contributed by atoms with van der Waals surface area (Å²) in [5.41, 5.74) is 7.18. The van der Waals surface area contributed by atoms with Gasteiger partial charge >= 0.3 is 0 Å². The van der Waals surface area contributed by atoms with Crippen molar-refractivity contribution in [2.45, 2.75) is 45.2 Å². The minimum atomic E-state index is -0.613. The maximum Gasteiger partial charge on any atom is 0.242 e. The summed E-state index contributed by atoms with van der Waals surface area (Å²) >= 11 is 0. The lowest BCUT2D eigenvalue weighted by molar-refractivity contribution is -0.141. The van der Waals surface area contributed by atoms with Crippen LogP contribution < -0.4 is 11.1 Å². The van der Waals surface area contributed by atoms with Crippen molar-refractivity contribution in [2.75, 3.05) is 13.1 Å². The molecule has 0 saturated carbocycles. The maximum absolute atomic E-state index is 12.8. The number of carbonyl (C=O) groups excluding carboxylic acids is 2. The van der Waals surface area contributed by atoms with Crippen molar-refractivity contribution in [3.8, 4) is 0 Å². The van der Waals surface area contributed by atoms with Crippen LogP contribution >= 0.6 is 0 Å². The van der Waals surface area contributed by atoms with Gasteiger partial charge in [0.15, 0.2) is 0 Å². The molecule has 2 rings (SSSR count). The first-order chi connectivity index (χ1) is 11.0. The molecule has 0 aromatic heterocycles. The Kier molecular flexibility index (Phi) is 6.16. The predicted molar refractivity (Wildman–Crippen MR) is 90.7 cm³/mol. The third kappa shape index (κ3) is 4.79. The molecule has 1 fully saturated rings. The van der Waals surface area contributed by atoms with Gasteiger partial charge in [0.25, 0.3) is 0 Å². The number of nitrogens with zero attached hydrogens (tertiary/aromatic N) is 1. The van der Waals surface area contributed by atoms with E-state index in [1.807, 2.05) is 30.3 Å². The van der Waals surface area contributed by atoms with Gasteiger partial charge in [-0.05, 0) is 30.7 Å². The van der Waals surface area contributed by atoms with Gasteiger partial charge in [0.2, 0.25) is 11.8 Å². The number of rotatable bonds is 5. The van der Waals surface area contributed by atoms with Crippen LogP contribution in [-0.2, 0) is 16.0 Å². The van der Waals surface area contributed by atoms with Crippen LogP contribution in [0.4, 0.5) is 0 Å². The van der Waals surface area contributed by atoms with Gasteiger partial charge in [0.05, 0.1) is 6.04 Å². The van der Waals surface area contributed by atoms with Crippen LogP contribution in [0.2, 0.25) is 0 Å². The average molecular weight is 317 g/mol. The second-order valence-electron chi connectivity index (χ2n) is 6.62. The highest BCUT2D eigenvalue weighted by molar-refractivity contribution is 5.90. The van der Waals surface area contributed by atoms with Gasteiger partial charge in [-0.2, -0.15) is 0 Å². The molecule has 0 spiro atoms. The van der Waals surface area contributed by atoms with E-state index in [4.69, 9.17) is 5.73 Å². The van der Waals surface area contributed by atoms with Crippen molar-refractivity contribution >= 4 is 11.8 Å². The summed E-state index contributed by atoms with van der Waals surface area (Å²) in [6.45, 7) is 5.32. The number of benzene rings is 1. The lowest BCUT2D eigenvalue weighted by Crippen LogP contribution is -2.53. The Morgan fingerprint density at radius 1 is 1.35 bits per heavy atom. The molecule has 1 aliphatic rings. The van der Waals surface area contributed by atoms with Crippen LogP contribution in [0.5, 0.6) is 0 Å². The molecule has 2 amide bonds. The largest absolute Gasteiger partial charge is 0.354 e. The summed E-state index contributed by atoms with van der Waals surface area (Å²) < 4.78 is 0. The fourth-order valence-electron chi connectivity index (χ4n) is 2.99. The van der Waals surface area contributed by atoms with Gasteiger partial charge in [0, 0.05) is 13.1 Å². The number of amides is 2. The van der Waals surface area contributed by atoms with Gasteiger partial charge < -0.3 is 16.0 Å². The van der Waals surface area contributed by atoms with Crippen LogP contribution in [0.3, 0.4) is 0 Å². The fourth-order valence-corrected chi connectivity index (χ4v) is 2.99. The highest BCUT2D eigenvalue weighted by atomic mass is 16.2. The van der Waals surface area contributed by atoms with Crippen LogP contribution in [-0.4, -0.2) is 41.9 Å². The molecule has 1 aromatic rings. The number of hydrogen-bond donors (Lipinski definition) is 2. The van der Waals surface area contributed by atoms with Crippen LogP contribution in [0.15, 0.2) is 30.3 Å². The van der Waals surface area contributed by atoms with Crippen molar-refractivity contribution in [1.82, 2.24) is 10.2 Å². The van der Waals surface area contributed by atoms with Gasteiger partial charge in [-0.1, -0.05) is 44.2 Å². The number of nitrogens with one attached hydrogen (secondary N) is 1. The molecule has 1 aliphatic heterocycles. The van der Waals surface area contributed by atoms with E-state index in [-0.39, 0.29) is 11.8 Å². The number of nitrogens with two attached hydrogens (primary N) is 1. The average Bonchev–Trinajstić information content (AvgIpc) is 2.69. The van der Waals surface area contributed by atoms with E-state index < -0.39 is 12.1 Å². The van der Waals surface area contributed by atoms with Gasteiger partial charge in [0.1, 0.15) is 6.04 Å². The molecule has 2 atom stereocenters. The SMILES string of the molecule is CC(C)CC1C(=O)NCCCN1C(=O)[C@@H](N)Cc1ccccc1. The monoisotopic (exact) mass is 317 g/mol. The van der Waals surface area contributed by atoms with Crippen molar-refractivity contribution in [3.05, 3.63) is 35.9 Å². The number of carbonyl (C=O) groups is 2. The van der Waals surface area contributed by atoms with E-state index in [1.54, 1.807) is 4.90 Å². The van der Waals surface area contributed by atoms with Gasteiger partial charge in [-0.3, -0.25) is 9.59 Å². The molecule has 1 aromatic carbocycles. The Labute approximate surface area is 138 Å². The Balaban J connectivity index is 2.11. The molecule has 1 heterocycles. The summed E-state index contributed by atoms with van der Waals surface area (Å²) in [6, 6.07) is 8.72. The third-order valence-corrected chi connectivity index (χ3v) is 4.15. The molecule has 0 radical (unpaired) electrons. The van der Waals surface area contributed by atoms with Crippen LogP contribution in [0.1, 0.15) is 32.3 Å². The van der Waals surface area contributed by atoms with E-state index >= 15 is 0 Å². The van der Waals surface area contributed by atoms with Crippen molar-refractivity contribution < 1.29 is 9.59 Å². The molecule has 1 saturated heterocycles. The van der Waals surface area contributed by atoms with Gasteiger partial charge in [-0.25, -0.2) is 0 Å². The Morgan fingerprint density at radius 2 is 2.04 bits per heavy atom. The molecule has 1 unspecified atom stereocenters. The van der Waals surface area contributed by atoms with Crippen LogP contribution in [0.25, 0.3) is 0 Å². The second kappa shape index (κ2) is 8.11. The van der Waals surface area contributed by atoms with Crippen LogP contribution in [0, 0.1) is 5.92 Å². The molecule has 5 nitrogen and oxygen atoms in total.